The maximum Gasteiger partial charge on any atom is 0.237 e. The Morgan fingerprint density at radius 3 is 2.31 bits per heavy atom. The number of alkyl halides is 1. The molecule has 13 heavy (non-hydrogen) atoms. The van der Waals surface area contributed by atoms with Crippen molar-refractivity contribution in [1.82, 2.24) is 4.90 Å². The lowest BCUT2D eigenvalue weighted by Gasteiger charge is -2.18. The number of hydrogen-bond donors (Lipinski definition) is 0. The summed E-state index contributed by atoms with van der Waals surface area (Å²) in [5.74, 6) is -0.339. The van der Waals surface area contributed by atoms with Gasteiger partial charge in [0.15, 0.2) is 0 Å². The van der Waals surface area contributed by atoms with Crippen LogP contribution in [-0.2, 0) is 14.6 Å². The maximum absolute atomic E-state index is 11.1. The van der Waals surface area contributed by atoms with Crippen molar-refractivity contribution >= 4 is 27.3 Å². The molecule has 0 aromatic rings. The van der Waals surface area contributed by atoms with Crippen LogP contribution in [0.15, 0.2) is 0 Å². The van der Waals surface area contributed by atoms with Crippen LogP contribution < -0.4 is 0 Å². The van der Waals surface area contributed by atoms with Crippen LogP contribution >= 0.6 is 11.6 Å². The molecule has 0 saturated heterocycles. The highest BCUT2D eigenvalue weighted by Gasteiger charge is 2.12. The predicted octanol–water partition coefficient (Wildman–Crippen LogP) is 0.118. The van der Waals surface area contributed by atoms with E-state index in [9.17, 15) is 13.2 Å². The summed E-state index contributed by atoms with van der Waals surface area (Å²) < 4.78 is 21.6. The standard InChI is InChI=1S/C7H14ClNO3S/c1-3-9(7(10)6-8)4-5-13(2,11)12/h3-6H2,1-2H3. The number of hydrogen-bond acceptors (Lipinski definition) is 3. The van der Waals surface area contributed by atoms with Crippen LogP contribution in [0.2, 0.25) is 0 Å². The van der Waals surface area contributed by atoms with Crippen molar-refractivity contribution in [3.05, 3.63) is 0 Å². The molecule has 0 fully saturated rings. The minimum absolute atomic E-state index is 0.0104. The van der Waals surface area contributed by atoms with Gasteiger partial charge >= 0.3 is 0 Å². The van der Waals surface area contributed by atoms with E-state index in [0.29, 0.717) is 6.54 Å². The van der Waals surface area contributed by atoms with Crippen molar-refractivity contribution < 1.29 is 13.2 Å². The minimum atomic E-state index is -3.01. The van der Waals surface area contributed by atoms with Gasteiger partial charge in [0.05, 0.1) is 5.75 Å². The number of halogens is 1. The van der Waals surface area contributed by atoms with Crippen LogP contribution in [0.25, 0.3) is 0 Å². The Kier molecular flexibility index (Phi) is 5.32. The largest absolute Gasteiger partial charge is 0.341 e. The van der Waals surface area contributed by atoms with Gasteiger partial charge < -0.3 is 4.90 Å². The topological polar surface area (TPSA) is 54.5 Å². The van der Waals surface area contributed by atoms with Crippen LogP contribution in [-0.4, -0.2) is 50.2 Å². The van der Waals surface area contributed by atoms with Gasteiger partial charge in [0.2, 0.25) is 5.91 Å². The van der Waals surface area contributed by atoms with Gasteiger partial charge in [0.25, 0.3) is 0 Å². The third-order valence-corrected chi connectivity index (χ3v) is 2.73. The predicted molar refractivity (Wildman–Crippen MR) is 52.7 cm³/mol. The van der Waals surface area contributed by atoms with E-state index >= 15 is 0 Å². The van der Waals surface area contributed by atoms with E-state index in [0.717, 1.165) is 6.26 Å². The zero-order chi connectivity index (χ0) is 10.5. The van der Waals surface area contributed by atoms with Gasteiger partial charge in [-0.05, 0) is 6.92 Å². The van der Waals surface area contributed by atoms with E-state index in [1.54, 1.807) is 6.92 Å². The highest BCUT2D eigenvalue weighted by Crippen LogP contribution is 1.94. The number of carbonyl (C=O) groups excluding carboxylic acids is 1. The first-order valence-electron chi connectivity index (χ1n) is 3.92. The van der Waals surface area contributed by atoms with Gasteiger partial charge in [-0.2, -0.15) is 0 Å². The summed E-state index contributed by atoms with van der Waals surface area (Å²) in [5, 5.41) is 0. The number of carbonyl (C=O) groups is 1. The van der Waals surface area contributed by atoms with Crippen molar-refractivity contribution in [2.75, 3.05) is 31.0 Å². The molecule has 0 saturated carbocycles. The fraction of sp³-hybridized carbons (Fsp3) is 0.857. The molecular weight excluding hydrogens is 214 g/mol. The quantitative estimate of drug-likeness (QED) is 0.627. The van der Waals surface area contributed by atoms with Crippen molar-refractivity contribution in [3.8, 4) is 0 Å². The zero-order valence-corrected chi connectivity index (χ0v) is 9.36. The lowest BCUT2D eigenvalue weighted by Crippen LogP contribution is -2.35. The van der Waals surface area contributed by atoms with Gasteiger partial charge in [-0.1, -0.05) is 0 Å². The second-order valence-corrected chi connectivity index (χ2v) is 5.26. The monoisotopic (exact) mass is 227 g/mol. The molecule has 4 nitrogen and oxygen atoms in total. The lowest BCUT2D eigenvalue weighted by atomic mass is 10.5. The second kappa shape index (κ2) is 5.44. The van der Waals surface area contributed by atoms with Gasteiger partial charge in [-0.25, -0.2) is 8.42 Å². The van der Waals surface area contributed by atoms with E-state index < -0.39 is 9.84 Å². The Balaban J connectivity index is 4.08. The van der Waals surface area contributed by atoms with Crippen LogP contribution in [0.1, 0.15) is 6.92 Å². The van der Waals surface area contributed by atoms with Gasteiger partial charge in [-0.15, -0.1) is 11.6 Å². The molecular formula is C7H14ClNO3S. The summed E-state index contributed by atoms with van der Waals surface area (Å²) in [7, 11) is -3.01. The van der Waals surface area contributed by atoms with Crippen LogP contribution in [0.4, 0.5) is 0 Å². The molecule has 0 N–H and O–H groups in total. The highest BCUT2D eigenvalue weighted by molar-refractivity contribution is 7.90. The smallest absolute Gasteiger partial charge is 0.237 e. The molecule has 1 amide bonds. The fourth-order valence-electron chi connectivity index (χ4n) is 0.820. The molecule has 0 aromatic carbocycles. The van der Waals surface area contributed by atoms with Gasteiger partial charge in [0, 0.05) is 19.3 Å². The number of rotatable bonds is 5. The summed E-state index contributed by atoms with van der Waals surface area (Å²) in [4.78, 5) is 12.5. The van der Waals surface area contributed by atoms with Gasteiger partial charge in [-0.3, -0.25) is 4.79 Å². The van der Waals surface area contributed by atoms with Crippen molar-refractivity contribution in [2.45, 2.75) is 6.92 Å². The van der Waals surface area contributed by atoms with Crippen LogP contribution in [0.5, 0.6) is 0 Å². The van der Waals surface area contributed by atoms with Crippen molar-refractivity contribution in [2.24, 2.45) is 0 Å². The SMILES string of the molecule is CCN(CCS(C)(=O)=O)C(=O)CCl. The Labute approximate surface area is 83.8 Å². The van der Waals surface area contributed by atoms with E-state index in [2.05, 4.69) is 0 Å². The Bertz CT molecular complexity index is 263. The molecule has 78 valence electrons. The van der Waals surface area contributed by atoms with Crippen molar-refractivity contribution in [3.63, 3.8) is 0 Å². The first-order valence-corrected chi connectivity index (χ1v) is 6.51. The number of amides is 1. The minimum Gasteiger partial charge on any atom is -0.341 e. The molecule has 0 aromatic heterocycles. The molecule has 0 spiro atoms. The van der Waals surface area contributed by atoms with E-state index in [1.807, 2.05) is 0 Å². The van der Waals surface area contributed by atoms with E-state index in [1.165, 1.54) is 4.90 Å². The van der Waals surface area contributed by atoms with Crippen molar-refractivity contribution in [1.29, 1.82) is 0 Å². The third kappa shape index (κ3) is 5.87. The maximum atomic E-state index is 11.1. The second-order valence-electron chi connectivity index (χ2n) is 2.74. The molecule has 0 heterocycles. The first kappa shape index (κ1) is 12.7. The Morgan fingerprint density at radius 2 is 2.00 bits per heavy atom. The molecule has 0 aliphatic carbocycles. The molecule has 0 radical (unpaired) electrons. The first-order chi connectivity index (χ1) is 5.90. The highest BCUT2D eigenvalue weighted by atomic mass is 35.5. The van der Waals surface area contributed by atoms with Crippen LogP contribution in [0, 0.1) is 0 Å². The summed E-state index contributed by atoms with van der Waals surface area (Å²) in [6.07, 6.45) is 1.14. The summed E-state index contributed by atoms with van der Waals surface area (Å²) >= 11 is 5.33. The average Bonchev–Trinajstić information content (AvgIpc) is 2.03. The Hall–Kier alpha value is -0.290. The molecule has 0 unspecified atom stereocenters. The molecule has 0 atom stereocenters. The average molecular weight is 228 g/mol. The molecule has 6 heteroatoms. The normalized spacial score (nSPS) is 11.3. The Morgan fingerprint density at radius 1 is 1.46 bits per heavy atom. The number of sulfone groups is 1. The van der Waals surface area contributed by atoms with E-state index in [-0.39, 0.29) is 24.1 Å². The molecule has 0 bridgehead atoms. The summed E-state index contributed by atoms with van der Waals surface area (Å²) in [6, 6.07) is 0. The van der Waals surface area contributed by atoms with Gasteiger partial charge in [0.1, 0.15) is 15.7 Å². The fourth-order valence-corrected chi connectivity index (χ4v) is 1.54. The zero-order valence-electron chi connectivity index (χ0n) is 7.79. The summed E-state index contributed by atoms with van der Waals surface area (Å²) in [5.41, 5.74) is 0. The molecule has 0 rings (SSSR count). The lowest BCUT2D eigenvalue weighted by molar-refractivity contribution is -0.128. The molecule has 0 aliphatic rings. The summed E-state index contributed by atoms with van der Waals surface area (Å²) in [6.45, 7) is 2.49. The third-order valence-electron chi connectivity index (χ3n) is 1.58. The molecule has 0 aliphatic heterocycles. The number of nitrogens with zero attached hydrogens (tertiary/aromatic N) is 1. The van der Waals surface area contributed by atoms with E-state index in [4.69, 9.17) is 11.6 Å². The van der Waals surface area contributed by atoms with Crippen LogP contribution in [0.3, 0.4) is 0 Å².